The lowest BCUT2D eigenvalue weighted by Crippen LogP contribution is -1.71. The summed E-state index contributed by atoms with van der Waals surface area (Å²) in [6.07, 6.45) is 0. The van der Waals surface area contributed by atoms with Crippen molar-refractivity contribution in [3.8, 4) is 10.7 Å². The van der Waals surface area contributed by atoms with Crippen LogP contribution in [0.1, 0.15) is 0 Å². The molecule has 0 fully saturated rings. The van der Waals surface area contributed by atoms with Crippen molar-refractivity contribution < 1.29 is 4.52 Å². The predicted molar refractivity (Wildman–Crippen MR) is 45.0 cm³/mol. The lowest BCUT2D eigenvalue weighted by Gasteiger charge is -1.82. The SMILES string of the molecule is S=c1nc(-c2cccs2)[nH]o1. The van der Waals surface area contributed by atoms with E-state index in [0.29, 0.717) is 5.82 Å². The molecular weight excluding hydrogens is 180 g/mol. The first-order valence-electron chi connectivity index (χ1n) is 2.95. The summed E-state index contributed by atoms with van der Waals surface area (Å²) in [6, 6.07) is 3.90. The van der Waals surface area contributed by atoms with Crippen LogP contribution in [0.4, 0.5) is 0 Å². The predicted octanol–water partition coefficient (Wildman–Crippen LogP) is 2.46. The molecule has 2 aromatic rings. The largest absolute Gasteiger partial charge is 0.348 e. The minimum Gasteiger partial charge on any atom is -0.348 e. The van der Waals surface area contributed by atoms with Gasteiger partial charge in [0.1, 0.15) is 0 Å². The smallest absolute Gasteiger partial charge is 0.314 e. The third-order valence-corrected chi connectivity index (χ3v) is 2.24. The summed E-state index contributed by atoms with van der Waals surface area (Å²) < 4.78 is 4.77. The number of hydrogen-bond donors (Lipinski definition) is 1. The Morgan fingerprint density at radius 1 is 1.64 bits per heavy atom. The Labute approximate surface area is 71.7 Å². The first kappa shape index (κ1) is 6.75. The molecule has 0 spiro atoms. The highest BCUT2D eigenvalue weighted by molar-refractivity contribution is 7.71. The van der Waals surface area contributed by atoms with E-state index in [1.54, 1.807) is 11.3 Å². The van der Waals surface area contributed by atoms with E-state index in [2.05, 4.69) is 10.1 Å². The summed E-state index contributed by atoms with van der Waals surface area (Å²) >= 11 is 6.29. The summed E-state index contributed by atoms with van der Waals surface area (Å²) in [5, 5.41) is 4.60. The highest BCUT2D eigenvalue weighted by atomic mass is 32.1. The first-order valence-corrected chi connectivity index (χ1v) is 4.24. The van der Waals surface area contributed by atoms with Crippen LogP contribution >= 0.6 is 23.6 Å². The molecule has 2 aromatic heterocycles. The average Bonchev–Trinajstić information content (AvgIpc) is 2.55. The maximum Gasteiger partial charge on any atom is 0.314 e. The molecule has 0 saturated carbocycles. The number of nitrogens with zero attached hydrogens (tertiary/aromatic N) is 1. The molecule has 1 N–H and O–H groups in total. The zero-order valence-electron chi connectivity index (χ0n) is 5.40. The Kier molecular flexibility index (Phi) is 1.59. The van der Waals surface area contributed by atoms with Gasteiger partial charge in [0.25, 0.3) is 0 Å². The summed E-state index contributed by atoms with van der Waals surface area (Å²) in [5.74, 6) is 0.699. The van der Waals surface area contributed by atoms with Gasteiger partial charge in [-0.1, -0.05) is 6.07 Å². The molecule has 0 aromatic carbocycles. The van der Waals surface area contributed by atoms with Crippen LogP contribution in [0.5, 0.6) is 0 Å². The van der Waals surface area contributed by atoms with Gasteiger partial charge >= 0.3 is 4.84 Å². The van der Waals surface area contributed by atoms with Gasteiger partial charge in [-0.2, -0.15) is 10.1 Å². The molecule has 56 valence electrons. The average molecular weight is 184 g/mol. The number of hydrogen-bond acceptors (Lipinski definition) is 4. The monoisotopic (exact) mass is 184 g/mol. The van der Waals surface area contributed by atoms with E-state index in [1.165, 1.54) is 0 Å². The van der Waals surface area contributed by atoms with Gasteiger partial charge in [0, 0.05) is 0 Å². The fraction of sp³-hybridized carbons (Fsp3) is 0. The molecule has 0 radical (unpaired) electrons. The molecule has 0 saturated heterocycles. The summed E-state index contributed by atoms with van der Waals surface area (Å²) in [7, 11) is 0. The second kappa shape index (κ2) is 2.60. The number of nitrogens with one attached hydrogen (secondary N) is 1. The van der Waals surface area contributed by atoms with Gasteiger partial charge in [0.2, 0.25) is 0 Å². The Balaban J connectivity index is 2.53. The summed E-state index contributed by atoms with van der Waals surface area (Å²) in [5.41, 5.74) is 0. The van der Waals surface area contributed by atoms with Crippen molar-refractivity contribution in [2.45, 2.75) is 0 Å². The van der Waals surface area contributed by atoms with Crippen molar-refractivity contribution in [1.29, 1.82) is 0 Å². The molecule has 0 aliphatic heterocycles. The Morgan fingerprint density at radius 3 is 3.09 bits per heavy atom. The summed E-state index contributed by atoms with van der Waals surface area (Å²) in [6.45, 7) is 0. The van der Waals surface area contributed by atoms with E-state index in [-0.39, 0.29) is 4.84 Å². The van der Waals surface area contributed by atoms with Gasteiger partial charge < -0.3 is 4.52 Å². The molecule has 2 rings (SSSR count). The lowest BCUT2D eigenvalue weighted by molar-refractivity contribution is 0.406. The van der Waals surface area contributed by atoms with Crippen molar-refractivity contribution in [3.05, 3.63) is 22.4 Å². The minimum absolute atomic E-state index is 0.244. The normalized spacial score (nSPS) is 10.2. The van der Waals surface area contributed by atoms with E-state index in [4.69, 9.17) is 16.7 Å². The van der Waals surface area contributed by atoms with Crippen LogP contribution in [0.25, 0.3) is 10.7 Å². The maximum atomic E-state index is 4.77. The Morgan fingerprint density at radius 2 is 2.55 bits per heavy atom. The zero-order chi connectivity index (χ0) is 7.68. The number of thiophene rings is 1. The molecule has 2 heterocycles. The molecule has 0 aliphatic rings. The van der Waals surface area contributed by atoms with E-state index >= 15 is 0 Å². The van der Waals surface area contributed by atoms with Crippen molar-refractivity contribution in [3.63, 3.8) is 0 Å². The van der Waals surface area contributed by atoms with E-state index in [9.17, 15) is 0 Å². The van der Waals surface area contributed by atoms with Gasteiger partial charge in [0.15, 0.2) is 5.82 Å². The molecule has 0 amide bonds. The fourth-order valence-corrected chi connectivity index (χ4v) is 1.54. The second-order valence-corrected chi connectivity index (χ2v) is 3.20. The molecular formula is C6H4N2OS2. The molecule has 0 atom stereocenters. The van der Waals surface area contributed by atoms with Crippen molar-refractivity contribution in [2.75, 3.05) is 0 Å². The number of aromatic nitrogens is 2. The van der Waals surface area contributed by atoms with Gasteiger partial charge in [-0.15, -0.1) is 11.3 Å². The van der Waals surface area contributed by atoms with Crippen LogP contribution in [0, 0.1) is 4.84 Å². The highest BCUT2D eigenvalue weighted by Gasteiger charge is 2.01. The highest BCUT2D eigenvalue weighted by Crippen LogP contribution is 2.20. The minimum atomic E-state index is 0.244. The van der Waals surface area contributed by atoms with Gasteiger partial charge in [-0.25, -0.2) is 0 Å². The maximum absolute atomic E-state index is 4.77. The van der Waals surface area contributed by atoms with Crippen LogP contribution in [0.2, 0.25) is 0 Å². The Bertz CT molecular complexity index is 387. The quantitative estimate of drug-likeness (QED) is 0.692. The van der Waals surface area contributed by atoms with Crippen LogP contribution < -0.4 is 0 Å². The number of H-pyrrole nitrogens is 1. The van der Waals surface area contributed by atoms with Gasteiger partial charge in [-0.3, -0.25) is 0 Å². The molecule has 11 heavy (non-hydrogen) atoms. The Hall–Kier alpha value is -0.940. The number of aromatic amines is 1. The second-order valence-electron chi connectivity index (χ2n) is 1.91. The van der Waals surface area contributed by atoms with Crippen molar-refractivity contribution in [2.24, 2.45) is 0 Å². The van der Waals surface area contributed by atoms with Crippen molar-refractivity contribution in [1.82, 2.24) is 10.1 Å². The van der Waals surface area contributed by atoms with Crippen LogP contribution in [0.3, 0.4) is 0 Å². The number of rotatable bonds is 1. The van der Waals surface area contributed by atoms with Gasteiger partial charge in [0.05, 0.1) is 4.88 Å². The van der Waals surface area contributed by atoms with Crippen LogP contribution in [-0.2, 0) is 0 Å². The first-order chi connectivity index (χ1) is 5.36. The molecule has 0 aliphatic carbocycles. The van der Waals surface area contributed by atoms with Crippen molar-refractivity contribution >= 4 is 23.6 Å². The standard InChI is InChI=1S/C6H4N2OS2/c10-6-7-5(8-9-6)4-2-1-3-11-4/h1-3H,(H,7,8,10). The van der Waals surface area contributed by atoms with E-state index in [0.717, 1.165) is 4.88 Å². The lowest BCUT2D eigenvalue weighted by atomic mass is 10.5. The molecule has 5 heteroatoms. The molecule has 0 bridgehead atoms. The summed E-state index contributed by atoms with van der Waals surface area (Å²) in [4.78, 5) is 5.23. The third-order valence-electron chi connectivity index (χ3n) is 1.19. The fourth-order valence-electron chi connectivity index (χ4n) is 0.748. The third kappa shape index (κ3) is 1.24. The molecule has 3 nitrogen and oxygen atoms in total. The molecule has 0 unspecified atom stereocenters. The topological polar surface area (TPSA) is 41.8 Å². The van der Waals surface area contributed by atoms with Crippen LogP contribution in [-0.4, -0.2) is 10.1 Å². The van der Waals surface area contributed by atoms with Gasteiger partial charge in [-0.05, 0) is 23.7 Å². The zero-order valence-corrected chi connectivity index (χ0v) is 7.04. The van der Waals surface area contributed by atoms with Crippen LogP contribution in [0.15, 0.2) is 22.0 Å². The van der Waals surface area contributed by atoms with E-state index in [1.807, 2.05) is 17.5 Å². The van der Waals surface area contributed by atoms with E-state index < -0.39 is 0 Å².